The van der Waals surface area contributed by atoms with Crippen LogP contribution in [0.5, 0.6) is 0 Å². The number of aromatic nitrogens is 3. The summed E-state index contributed by atoms with van der Waals surface area (Å²) < 4.78 is 0. The van der Waals surface area contributed by atoms with Crippen LogP contribution in [0.4, 0.5) is 5.69 Å². The molecule has 29 heavy (non-hydrogen) atoms. The maximum Gasteiger partial charge on any atom is 0.272 e. The zero-order valence-corrected chi connectivity index (χ0v) is 16.0. The second-order valence-corrected chi connectivity index (χ2v) is 7.39. The number of Topliss-reactive ketones (excluding diaryl/α,β-unsaturated/α-hetero) is 1. The third kappa shape index (κ3) is 3.02. The van der Waals surface area contributed by atoms with Gasteiger partial charge in [-0.25, -0.2) is 4.98 Å². The summed E-state index contributed by atoms with van der Waals surface area (Å²) in [6.07, 6.45) is 2.18. The lowest BCUT2D eigenvalue weighted by Crippen LogP contribution is -2.14. The van der Waals surface area contributed by atoms with E-state index >= 15 is 0 Å². The van der Waals surface area contributed by atoms with Crippen molar-refractivity contribution in [2.45, 2.75) is 26.2 Å². The summed E-state index contributed by atoms with van der Waals surface area (Å²) in [4.78, 5) is 36.2. The number of para-hydroxylation sites is 2. The molecule has 0 spiro atoms. The monoisotopic (exact) mass is 384 g/mol. The lowest BCUT2D eigenvalue weighted by molar-refractivity contribution is 0.0971. The van der Waals surface area contributed by atoms with E-state index in [4.69, 9.17) is 0 Å². The van der Waals surface area contributed by atoms with Crippen LogP contribution in [-0.2, 0) is 6.42 Å². The van der Waals surface area contributed by atoms with Gasteiger partial charge in [0.1, 0.15) is 11.5 Å². The van der Waals surface area contributed by atoms with Crippen LogP contribution >= 0.6 is 0 Å². The molecule has 0 radical (unpaired) electrons. The van der Waals surface area contributed by atoms with Crippen molar-refractivity contribution in [2.24, 2.45) is 0 Å². The number of carbonyl (C=O) groups is 2. The zero-order valence-electron chi connectivity index (χ0n) is 16.0. The minimum atomic E-state index is -0.244. The Kier molecular flexibility index (Phi) is 4.05. The summed E-state index contributed by atoms with van der Waals surface area (Å²) in [5.74, 6) is 0.622. The number of amides is 1. The topological polar surface area (TPSA) is 90.6 Å². The number of rotatable bonds is 3. The quantitative estimate of drug-likeness (QED) is 0.481. The van der Waals surface area contributed by atoms with Gasteiger partial charge in [-0.2, -0.15) is 0 Å². The number of imidazole rings is 1. The highest BCUT2D eigenvalue weighted by Gasteiger charge is 2.26. The molecule has 1 amide bonds. The summed E-state index contributed by atoms with van der Waals surface area (Å²) in [6.45, 7) is 1.83. The lowest BCUT2D eigenvalue weighted by atomic mass is 9.94. The summed E-state index contributed by atoms with van der Waals surface area (Å²) in [5.41, 5.74) is 6.18. The van der Waals surface area contributed by atoms with Gasteiger partial charge in [0.05, 0.1) is 11.0 Å². The van der Waals surface area contributed by atoms with Gasteiger partial charge < -0.3 is 15.3 Å². The van der Waals surface area contributed by atoms with Crippen LogP contribution in [-0.4, -0.2) is 26.6 Å². The van der Waals surface area contributed by atoms with Crippen LogP contribution in [0, 0.1) is 6.92 Å². The van der Waals surface area contributed by atoms with Crippen LogP contribution in [0.1, 0.15) is 44.9 Å². The lowest BCUT2D eigenvalue weighted by Gasteiger charge is -2.09. The van der Waals surface area contributed by atoms with E-state index in [0.717, 1.165) is 46.5 Å². The molecule has 5 rings (SSSR count). The first kappa shape index (κ1) is 17.4. The number of fused-ring (bicyclic) bond motifs is 2. The van der Waals surface area contributed by atoms with Crippen molar-refractivity contribution >= 4 is 28.4 Å². The second-order valence-electron chi connectivity index (χ2n) is 7.39. The molecule has 0 aliphatic heterocycles. The van der Waals surface area contributed by atoms with E-state index in [1.807, 2.05) is 55.5 Å². The third-order valence-corrected chi connectivity index (χ3v) is 5.45. The Bertz CT molecular complexity index is 1230. The van der Waals surface area contributed by atoms with Gasteiger partial charge in [0.15, 0.2) is 5.78 Å². The number of ketones is 1. The first-order valence-corrected chi connectivity index (χ1v) is 9.71. The van der Waals surface area contributed by atoms with Crippen LogP contribution in [0.3, 0.4) is 0 Å². The summed E-state index contributed by atoms with van der Waals surface area (Å²) in [5, 5.41) is 2.94. The molecule has 3 N–H and O–H groups in total. The predicted molar refractivity (Wildman–Crippen MR) is 112 cm³/mol. The molecule has 1 aliphatic rings. The molecule has 6 nitrogen and oxygen atoms in total. The van der Waals surface area contributed by atoms with E-state index in [2.05, 4.69) is 20.3 Å². The molecule has 0 unspecified atom stereocenters. The number of anilines is 1. The van der Waals surface area contributed by atoms with Gasteiger partial charge in [-0.3, -0.25) is 9.59 Å². The Balaban J connectivity index is 1.43. The normalized spacial score (nSPS) is 13.5. The molecule has 0 saturated carbocycles. The highest BCUT2D eigenvalue weighted by Crippen LogP contribution is 2.28. The number of hydrogen-bond acceptors (Lipinski definition) is 3. The number of benzene rings is 2. The fraction of sp³-hybridized carbons (Fsp3) is 0.174. The molecule has 144 valence electrons. The summed E-state index contributed by atoms with van der Waals surface area (Å²) in [7, 11) is 0. The van der Waals surface area contributed by atoms with Gasteiger partial charge in [0, 0.05) is 28.9 Å². The van der Waals surface area contributed by atoms with Gasteiger partial charge >= 0.3 is 0 Å². The van der Waals surface area contributed by atoms with Crippen molar-refractivity contribution in [3.63, 3.8) is 0 Å². The number of H-pyrrole nitrogens is 2. The molecule has 1 aliphatic carbocycles. The molecule has 0 fully saturated rings. The number of carbonyl (C=O) groups excluding carboxylic acids is 2. The molecule has 0 atom stereocenters. The number of nitrogens with one attached hydrogen (secondary N) is 3. The van der Waals surface area contributed by atoms with Gasteiger partial charge in [-0.1, -0.05) is 24.3 Å². The molecular formula is C23H20N4O2. The van der Waals surface area contributed by atoms with Crippen molar-refractivity contribution in [1.82, 2.24) is 15.0 Å². The first-order valence-electron chi connectivity index (χ1n) is 9.71. The Morgan fingerprint density at radius 3 is 2.76 bits per heavy atom. The molecule has 2 heterocycles. The highest BCUT2D eigenvalue weighted by atomic mass is 16.2. The average molecular weight is 384 g/mol. The predicted octanol–water partition coefficient (Wildman–Crippen LogP) is 4.64. The minimum Gasteiger partial charge on any atom is -0.354 e. The van der Waals surface area contributed by atoms with E-state index in [1.165, 1.54) is 0 Å². The molecule has 4 aromatic rings. The van der Waals surface area contributed by atoms with Crippen LogP contribution < -0.4 is 5.32 Å². The van der Waals surface area contributed by atoms with E-state index in [9.17, 15) is 9.59 Å². The fourth-order valence-corrected chi connectivity index (χ4v) is 4.03. The molecule has 0 saturated heterocycles. The first-order chi connectivity index (χ1) is 14.1. The smallest absolute Gasteiger partial charge is 0.272 e. The highest BCUT2D eigenvalue weighted by molar-refractivity contribution is 6.08. The Hall–Kier alpha value is -3.67. The van der Waals surface area contributed by atoms with E-state index in [1.54, 1.807) is 0 Å². The van der Waals surface area contributed by atoms with Crippen molar-refractivity contribution < 1.29 is 9.59 Å². The SMILES string of the molecule is Cc1c(C(=O)Nc2cccc(-c3nc4ccccc4[nH]3)c2)[nH]c2c1C(=O)CCC2. The second kappa shape index (κ2) is 6.74. The van der Waals surface area contributed by atoms with Crippen molar-refractivity contribution in [1.29, 1.82) is 0 Å². The number of hydrogen-bond donors (Lipinski definition) is 3. The largest absolute Gasteiger partial charge is 0.354 e. The molecular weight excluding hydrogens is 364 g/mol. The molecule has 2 aromatic heterocycles. The van der Waals surface area contributed by atoms with Crippen molar-refractivity contribution in [3.8, 4) is 11.4 Å². The van der Waals surface area contributed by atoms with Crippen molar-refractivity contribution in [2.75, 3.05) is 5.32 Å². The maximum atomic E-state index is 12.9. The standard InChI is InChI=1S/C23H20N4O2/c1-13-20-18(10-5-11-19(20)28)25-21(13)23(29)24-15-7-4-6-14(12-15)22-26-16-8-2-3-9-17(16)27-22/h2-4,6-9,12,25H,5,10-11H2,1H3,(H,24,29)(H,26,27). The van der Waals surface area contributed by atoms with Gasteiger partial charge in [-0.05, 0) is 49.6 Å². The Labute approximate surface area is 167 Å². The average Bonchev–Trinajstić information content (AvgIpc) is 3.30. The maximum absolute atomic E-state index is 12.9. The van der Waals surface area contributed by atoms with Gasteiger partial charge in [-0.15, -0.1) is 0 Å². The van der Waals surface area contributed by atoms with Crippen molar-refractivity contribution in [3.05, 3.63) is 71.0 Å². The number of aryl methyl sites for hydroxylation is 1. The van der Waals surface area contributed by atoms with Crippen LogP contribution in [0.15, 0.2) is 48.5 Å². The molecule has 6 heteroatoms. The van der Waals surface area contributed by atoms with Gasteiger partial charge in [0.25, 0.3) is 5.91 Å². The molecule has 0 bridgehead atoms. The zero-order chi connectivity index (χ0) is 20.0. The van der Waals surface area contributed by atoms with Crippen LogP contribution in [0.25, 0.3) is 22.4 Å². The van der Waals surface area contributed by atoms with Crippen LogP contribution in [0.2, 0.25) is 0 Å². The molecule has 2 aromatic carbocycles. The number of aromatic amines is 2. The summed E-state index contributed by atoms with van der Waals surface area (Å²) >= 11 is 0. The van der Waals surface area contributed by atoms with E-state index in [0.29, 0.717) is 23.4 Å². The van der Waals surface area contributed by atoms with E-state index < -0.39 is 0 Å². The van der Waals surface area contributed by atoms with Gasteiger partial charge in [0.2, 0.25) is 0 Å². The van der Waals surface area contributed by atoms with E-state index in [-0.39, 0.29) is 11.7 Å². The Morgan fingerprint density at radius 1 is 1.07 bits per heavy atom. The minimum absolute atomic E-state index is 0.117. The third-order valence-electron chi connectivity index (χ3n) is 5.45. The fourth-order valence-electron chi connectivity index (χ4n) is 4.03. The summed E-state index contributed by atoms with van der Waals surface area (Å²) in [6, 6.07) is 15.4. The number of nitrogens with zero attached hydrogens (tertiary/aromatic N) is 1. The Morgan fingerprint density at radius 2 is 1.93 bits per heavy atom.